The van der Waals surface area contributed by atoms with Crippen molar-refractivity contribution in [3.63, 3.8) is 0 Å². The molecule has 234 valence electrons. The summed E-state index contributed by atoms with van der Waals surface area (Å²) in [7, 11) is 4.83. The van der Waals surface area contributed by atoms with Crippen LogP contribution < -0.4 is 26.6 Å². The Hall–Kier alpha value is -5.30. The highest BCUT2D eigenvalue weighted by atomic mass is 19.1. The van der Waals surface area contributed by atoms with Crippen LogP contribution in [-0.2, 0) is 13.1 Å². The molecule has 45 heavy (non-hydrogen) atoms. The fourth-order valence-corrected chi connectivity index (χ4v) is 5.16. The smallest absolute Gasteiger partial charge is 0.351 e. The van der Waals surface area contributed by atoms with Gasteiger partial charge in [-0.05, 0) is 63.0 Å². The number of methoxy groups -OCH3 is 1. The summed E-state index contributed by atoms with van der Waals surface area (Å²) in [6, 6.07) is 13.8. The predicted octanol–water partition coefficient (Wildman–Crippen LogP) is 4.60. The highest BCUT2D eigenvalue weighted by Gasteiger charge is 2.25. The standard InChI is InChI=1S/C32H31F3N6O4/c1-5-36-31(43)37-20-14-12-19(13-15-20)21-17-39-29(22(21)16-38(2)3)30(42)41(26-10-7-11-27(45-4)28(26)35)32(44)40(39)18-23-24(33)8-6-9-25(23)34/h6-15,17H,5,16,18H2,1-4H3,(H2,36,37,43). The molecule has 13 heteroatoms. The van der Waals surface area contributed by atoms with E-state index in [-0.39, 0.29) is 29.5 Å². The number of benzene rings is 3. The average Bonchev–Trinajstić information content (AvgIpc) is 3.36. The number of fused-ring (bicyclic) bond motifs is 1. The number of ether oxygens (including phenoxy) is 1. The van der Waals surface area contributed by atoms with Crippen LogP contribution in [-0.4, -0.2) is 52.4 Å². The molecule has 3 aromatic carbocycles. The first-order chi connectivity index (χ1) is 21.5. The zero-order valence-corrected chi connectivity index (χ0v) is 25.0. The molecular formula is C32H31F3N6O4. The molecule has 5 rings (SSSR count). The number of urea groups is 1. The van der Waals surface area contributed by atoms with Gasteiger partial charge in [-0.1, -0.05) is 24.3 Å². The maximum atomic E-state index is 15.6. The summed E-state index contributed by atoms with van der Waals surface area (Å²) in [5, 5.41) is 5.37. The van der Waals surface area contributed by atoms with Crippen LogP contribution in [0.4, 0.5) is 23.7 Å². The normalized spacial score (nSPS) is 11.3. The molecule has 0 unspecified atom stereocenters. The van der Waals surface area contributed by atoms with Crippen molar-refractivity contribution in [2.45, 2.75) is 20.0 Å². The average molecular weight is 621 g/mol. The second-order valence-electron chi connectivity index (χ2n) is 10.5. The molecule has 0 fully saturated rings. The minimum atomic E-state index is -1.03. The van der Waals surface area contributed by atoms with Gasteiger partial charge in [0, 0.05) is 41.7 Å². The van der Waals surface area contributed by atoms with Gasteiger partial charge in [-0.15, -0.1) is 0 Å². The maximum absolute atomic E-state index is 15.6. The van der Waals surface area contributed by atoms with Gasteiger partial charge in [0.1, 0.15) is 17.2 Å². The first kappa shape index (κ1) is 31.1. The van der Waals surface area contributed by atoms with Gasteiger partial charge < -0.3 is 20.3 Å². The number of nitrogens with one attached hydrogen (secondary N) is 2. The van der Waals surface area contributed by atoms with Crippen LogP contribution >= 0.6 is 0 Å². The van der Waals surface area contributed by atoms with E-state index in [0.29, 0.717) is 33.5 Å². The lowest BCUT2D eigenvalue weighted by molar-refractivity contribution is 0.252. The minimum Gasteiger partial charge on any atom is -0.494 e. The van der Waals surface area contributed by atoms with Gasteiger partial charge in [-0.3, -0.25) is 9.31 Å². The number of rotatable bonds is 9. The molecule has 2 aromatic heterocycles. The number of anilines is 1. The van der Waals surface area contributed by atoms with Crippen LogP contribution in [0.15, 0.2) is 76.4 Å². The summed E-state index contributed by atoms with van der Waals surface area (Å²) in [6.45, 7) is 1.85. The number of aromatic nitrogens is 3. The Morgan fingerprint density at radius 1 is 0.933 bits per heavy atom. The van der Waals surface area contributed by atoms with E-state index in [1.807, 2.05) is 4.90 Å². The number of hydrogen-bond donors (Lipinski definition) is 2. The molecule has 0 aliphatic carbocycles. The molecule has 2 amide bonds. The Bertz CT molecular complexity index is 2000. The van der Waals surface area contributed by atoms with Crippen molar-refractivity contribution in [1.82, 2.24) is 24.0 Å². The molecule has 0 radical (unpaired) electrons. The SMILES string of the molecule is CCNC(=O)Nc1ccc(-c2cn3c(c2CN(C)C)c(=O)n(-c2cccc(OC)c2F)c(=O)n3Cc2c(F)cccc2F)cc1. The van der Waals surface area contributed by atoms with Crippen molar-refractivity contribution >= 4 is 17.2 Å². The minimum absolute atomic E-state index is 0.00166. The Kier molecular flexibility index (Phi) is 8.82. The second kappa shape index (κ2) is 12.7. The Morgan fingerprint density at radius 2 is 1.60 bits per heavy atom. The lowest BCUT2D eigenvalue weighted by Gasteiger charge is -2.17. The van der Waals surface area contributed by atoms with E-state index >= 15 is 4.39 Å². The third kappa shape index (κ3) is 5.94. The summed E-state index contributed by atoms with van der Waals surface area (Å²) in [4.78, 5) is 42.1. The van der Waals surface area contributed by atoms with Gasteiger partial charge >= 0.3 is 11.7 Å². The summed E-state index contributed by atoms with van der Waals surface area (Å²) in [6.07, 6.45) is 1.54. The molecular weight excluding hydrogens is 589 g/mol. The largest absolute Gasteiger partial charge is 0.494 e. The lowest BCUT2D eigenvalue weighted by Crippen LogP contribution is -2.43. The van der Waals surface area contributed by atoms with Crippen molar-refractivity contribution in [3.8, 4) is 22.6 Å². The molecule has 0 bridgehead atoms. The zero-order chi connectivity index (χ0) is 32.4. The molecule has 10 nitrogen and oxygen atoms in total. The molecule has 0 spiro atoms. The summed E-state index contributed by atoms with van der Waals surface area (Å²) < 4.78 is 53.3. The molecule has 2 N–H and O–H groups in total. The molecule has 2 heterocycles. The fraction of sp³-hybridized carbons (Fsp3) is 0.219. The van der Waals surface area contributed by atoms with E-state index < -0.39 is 40.8 Å². The van der Waals surface area contributed by atoms with E-state index in [1.54, 1.807) is 45.3 Å². The third-order valence-corrected chi connectivity index (χ3v) is 7.21. The number of nitrogens with zero attached hydrogens (tertiary/aromatic N) is 4. The van der Waals surface area contributed by atoms with Crippen molar-refractivity contribution in [3.05, 3.63) is 116 Å². The summed E-state index contributed by atoms with van der Waals surface area (Å²) in [5.74, 6) is -2.94. The molecule has 0 saturated carbocycles. The fourth-order valence-electron chi connectivity index (χ4n) is 5.16. The molecule has 5 aromatic rings. The van der Waals surface area contributed by atoms with Crippen molar-refractivity contribution < 1.29 is 22.7 Å². The molecule has 0 aliphatic heterocycles. The van der Waals surface area contributed by atoms with E-state index in [9.17, 15) is 23.2 Å². The number of amides is 2. The Balaban J connectivity index is 1.83. The molecule has 0 atom stereocenters. The first-order valence-corrected chi connectivity index (χ1v) is 14.0. The van der Waals surface area contributed by atoms with Crippen LogP contribution in [0.2, 0.25) is 0 Å². The van der Waals surface area contributed by atoms with Crippen LogP contribution in [0.5, 0.6) is 5.75 Å². The second-order valence-corrected chi connectivity index (χ2v) is 10.5. The summed E-state index contributed by atoms with van der Waals surface area (Å²) in [5.41, 5.74) is -0.488. The van der Waals surface area contributed by atoms with Gasteiger partial charge in [0.25, 0.3) is 5.56 Å². The highest BCUT2D eigenvalue weighted by molar-refractivity contribution is 5.89. The van der Waals surface area contributed by atoms with E-state index in [2.05, 4.69) is 10.6 Å². The van der Waals surface area contributed by atoms with Crippen molar-refractivity contribution in [2.24, 2.45) is 0 Å². The van der Waals surface area contributed by atoms with E-state index in [0.717, 1.165) is 16.8 Å². The van der Waals surface area contributed by atoms with Crippen molar-refractivity contribution in [2.75, 3.05) is 33.1 Å². The highest BCUT2D eigenvalue weighted by Crippen LogP contribution is 2.30. The third-order valence-electron chi connectivity index (χ3n) is 7.21. The predicted molar refractivity (Wildman–Crippen MR) is 165 cm³/mol. The van der Waals surface area contributed by atoms with Gasteiger partial charge in [-0.25, -0.2) is 32.0 Å². The van der Waals surface area contributed by atoms with Gasteiger partial charge in [0.05, 0.1) is 19.3 Å². The van der Waals surface area contributed by atoms with Crippen LogP contribution in [0, 0.1) is 17.5 Å². The number of carbonyl (C=O) groups is 1. The van der Waals surface area contributed by atoms with E-state index in [4.69, 9.17) is 4.74 Å². The van der Waals surface area contributed by atoms with Crippen molar-refractivity contribution in [1.29, 1.82) is 0 Å². The quantitative estimate of drug-likeness (QED) is 0.251. The van der Waals surface area contributed by atoms with Gasteiger partial charge in [-0.2, -0.15) is 0 Å². The van der Waals surface area contributed by atoms with Gasteiger partial charge in [0.2, 0.25) is 0 Å². The zero-order valence-electron chi connectivity index (χ0n) is 25.0. The monoisotopic (exact) mass is 620 g/mol. The summed E-state index contributed by atoms with van der Waals surface area (Å²) >= 11 is 0. The number of hydrogen-bond acceptors (Lipinski definition) is 5. The van der Waals surface area contributed by atoms with Crippen LogP contribution in [0.1, 0.15) is 18.1 Å². The molecule has 0 aliphatic rings. The van der Waals surface area contributed by atoms with Crippen LogP contribution in [0.25, 0.3) is 22.3 Å². The first-order valence-electron chi connectivity index (χ1n) is 14.0. The lowest BCUT2D eigenvalue weighted by atomic mass is 10.0. The number of carbonyl (C=O) groups excluding carboxylic acids is 1. The van der Waals surface area contributed by atoms with E-state index in [1.165, 1.54) is 42.1 Å². The van der Waals surface area contributed by atoms with Crippen LogP contribution in [0.3, 0.4) is 0 Å². The Morgan fingerprint density at radius 3 is 2.22 bits per heavy atom. The molecule has 0 saturated heterocycles. The maximum Gasteiger partial charge on any atom is 0.351 e. The van der Waals surface area contributed by atoms with Gasteiger partial charge in [0.15, 0.2) is 11.6 Å². The Labute approximate surface area is 255 Å². The number of halogens is 3. The topological polar surface area (TPSA) is 102 Å².